The number of hydrogen-bond acceptors (Lipinski definition) is 0. The molecule has 0 heteroatoms. The molecule has 0 bridgehead atoms. The van der Waals surface area contributed by atoms with Gasteiger partial charge in [-0.2, -0.15) is 0 Å². The molecule has 20 heavy (non-hydrogen) atoms. The molecule has 0 radical (unpaired) electrons. The Balaban J connectivity index is 2.25. The first kappa shape index (κ1) is 11.5. The molecule has 0 aromatic heterocycles. The summed E-state index contributed by atoms with van der Waals surface area (Å²) in [7, 11) is 0. The Kier molecular flexibility index (Phi) is 2.34. The van der Waals surface area contributed by atoms with Gasteiger partial charge in [-0.3, -0.25) is 0 Å². The summed E-state index contributed by atoms with van der Waals surface area (Å²) in [6.07, 6.45) is 0. The largest absolute Gasteiger partial charge is 0.0616 e. The second-order valence-electron chi connectivity index (χ2n) is 5.59. The fourth-order valence-corrected chi connectivity index (χ4v) is 3.22. The maximum atomic E-state index is 2.33. The Morgan fingerprint density at radius 2 is 1.25 bits per heavy atom. The van der Waals surface area contributed by atoms with Gasteiger partial charge in [0.15, 0.2) is 0 Å². The van der Waals surface area contributed by atoms with E-state index in [9.17, 15) is 0 Å². The summed E-state index contributed by atoms with van der Waals surface area (Å²) in [5, 5.41) is 8.06. The molecule has 0 heterocycles. The van der Waals surface area contributed by atoms with Crippen molar-refractivity contribution in [2.45, 2.75) is 13.8 Å². The minimum Gasteiger partial charge on any atom is -0.0616 e. The summed E-state index contributed by atoms with van der Waals surface area (Å²) in [5.74, 6) is 0. The van der Waals surface area contributed by atoms with E-state index in [0.29, 0.717) is 0 Å². The van der Waals surface area contributed by atoms with Gasteiger partial charge in [0.05, 0.1) is 0 Å². The van der Waals surface area contributed by atoms with Gasteiger partial charge >= 0.3 is 0 Å². The minimum absolute atomic E-state index is 1.32. The van der Waals surface area contributed by atoms with E-state index >= 15 is 0 Å². The molecule has 0 N–H and O–H groups in total. The van der Waals surface area contributed by atoms with Crippen LogP contribution in [0.25, 0.3) is 32.3 Å². The average molecular weight is 256 g/mol. The lowest BCUT2D eigenvalue weighted by atomic mass is 9.94. The Morgan fingerprint density at radius 1 is 0.550 bits per heavy atom. The van der Waals surface area contributed by atoms with Crippen molar-refractivity contribution in [3.8, 4) is 0 Å². The van der Waals surface area contributed by atoms with Crippen LogP contribution < -0.4 is 0 Å². The normalized spacial score (nSPS) is 11.5. The molecule has 0 unspecified atom stereocenters. The van der Waals surface area contributed by atoms with Crippen molar-refractivity contribution >= 4 is 32.3 Å². The fraction of sp³-hybridized carbons (Fsp3) is 0.100. The first-order valence-corrected chi connectivity index (χ1v) is 7.05. The zero-order valence-corrected chi connectivity index (χ0v) is 11.8. The molecule has 4 aromatic rings. The maximum absolute atomic E-state index is 2.33. The van der Waals surface area contributed by atoms with E-state index in [1.165, 1.54) is 43.4 Å². The highest BCUT2D eigenvalue weighted by Crippen LogP contribution is 2.31. The van der Waals surface area contributed by atoms with Crippen molar-refractivity contribution in [1.82, 2.24) is 0 Å². The van der Waals surface area contributed by atoms with Gasteiger partial charge in [0.25, 0.3) is 0 Å². The van der Waals surface area contributed by atoms with E-state index < -0.39 is 0 Å². The van der Waals surface area contributed by atoms with Crippen LogP contribution in [0.2, 0.25) is 0 Å². The van der Waals surface area contributed by atoms with E-state index in [4.69, 9.17) is 0 Å². The second-order valence-corrected chi connectivity index (χ2v) is 5.59. The number of fused-ring (bicyclic) bond motifs is 3. The standard InChI is InChI=1S/C20H16/c1-13-6-5-8-16-11-20-14(2)18-9-4-3-7-15(18)10-17(20)12-19(13)16/h3-12H,1-2H3. The maximum Gasteiger partial charge on any atom is -0.0142 e. The molecular weight excluding hydrogens is 240 g/mol. The third-order valence-electron chi connectivity index (χ3n) is 4.35. The molecule has 4 aromatic carbocycles. The van der Waals surface area contributed by atoms with E-state index in [1.54, 1.807) is 0 Å². The summed E-state index contributed by atoms with van der Waals surface area (Å²) in [4.78, 5) is 0. The highest BCUT2D eigenvalue weighted by atomic mass is 14.1. The molecule has 0 atom stereocenters. The highest BCUT2D eigenvalue weighted by Gasteiger charge is 2.06. The summed E-state index contributed by atoms with van der Waals surface area (Å²) in [5.41, 5.74) is 2.72. The highest BCUT2D eigenvalue weighted by molar-refractivity contribution is 6.07. The molecule has 0 saturated heterocycles. The lowest BCUT2D eigenvalue weighted by Gasteiger charge is -2.10. The molecule has 0 amide bonds. The van der Waals surface area contributed by atoms with Crippen LogP contribution in [-0.2, 0) is 0 Å². The monoisotopic (exact) mass is 256 g/mol. The smallest absolute Gasteiger partial charge is 0.0142 e. The van der Waals surface area contributed by atoms with Gasteiger partial charge in [-0.15, -0.1) is 0 Å². The third-order valence-corrected chi connectivity index (χ3v) is 4.35. The summed E-state index contributed by atoms with van der Waals surface area (Å²) < 4.78 is 0. The van der Waals surface area contributed by atoms with Crippen molar-refractivity contribution in [3.05, 3.63) is 71.8 Å². The Morgan fingerprint density at radius 3 is 2.15 bits per heavy atom. The number of benzene rings is 4. The Hall–Kier alpha value is -2.34. The van der Waals surface area contributed by atoms with Gasteiger partial charge in [-0.25, -0.2) is 0 Å². The van der Waals surface area contributed by atoms with Crippen LogP contribution >= 0.6 is 0 Å². The van der Waals surface area contributed by atoms with Gasteiger partial charge in [0.2, 0.25) is 0 Å². The quantitative estimate of drug-likeness (QED) is 0.351. The van der Waals surface area contributed by atoms with Gasteiger partial charge < -0.3 is 0 Å². The minimum atomic E-state index is 1.32. The lowest BCUT2D eigenvalue weighted by molar-refractivity contribution is 1.53. The van der Waals surface area contributed by atoms with E-state index in [0.717, 1.165) is 0 Å². The number of hydrogen-bond donors (Lipinski definition) is 0. The molecule has 0 saturated carbocycles. The molecule has 0 aliphatic carbocycles. The van der Waals surface area contributed by atoms with Crippen LogP contribution in [0.1, 0.15) is 11.1 Å². The molecular formula is C20H16. The second kappa shape index (κ2) is 4.08. The van der Waals surface area contributed by atoms with Crippen LogP contribution in [0, 0.1) is 13.8 Å². The number of rotatable bonds is 0. The van der Waals surface area contributed by atoms with Crippen molar-refractivity contribution < 1.29 is 0 Å². The molecule has 0 fully saturated rings. The van der Waals surface area contributed by atoms with Crippen molar-refractivity contribution in [1.29, 1.82) is 0 Å². The van der Waals surface area contributed by atoms with Gasteiger partial charge in [-0.1, -0.05) is 42.5 Å². The summed E-state index contributed by atoms with van der Waals surface area (Å²) in [6, 6.07) is 22.1. The zero-order valence-electron chi connectivity index (χ0n) is 11.8. The average Bonchev–Trinajstić information content (AvgIpc) is 2.47. The SMILES string of the molecule is Cc1cccc2cc3c(C)c4ccccc4cc3cc12. The molecule has 4 rings (SSSR count). The topological polar surface area (TPSA) is 0 Å². The fourth-order valence-electron chi connectivity index (χ4n) is 3.22. The van der Waals surface area contributed by atoms with Crippen LogP contribution in [0.15, 0.2) is 60.7 Å². The molecule has 0 aliphatic rings. The van der Waals surface area contributed by atoms with E-state index in [-0.39, 0.29) is 0 Å². The van der Waals surface area contributed by atoms with Crippen molar-refractivity contribution in [3.63, 3.8) is 0 Å². The predicted octanol–water partition coefficient (Wildman–Crippen LogP) is 5.76. The van der Waals surface area contributed by atoms with E-state index in [1.807, 2.05) is 0 Å². The molecule has 0 aliphatic heterocycles. The molecule has 0 nitrogen and oxygen atoms in total. The lowest BCUT2D eigenvalue weighted by Crippen LogP contribution is -1.85. The number of aryl methyl sites for hydroxylation is 2. The van der Waals surface area contributed by atoms with Crippen LogP contribution in [0.3, 0.4) is 0 Å². The Bertz CT molecular complexity index is 962. The van der Waals surface area contributed by atoms with Crippen LogP contribution in [0.5, 0.6) is 0 Å². The van der Waals surface area contributed by atoms with Gasteiger partial charge in [0, 0.05) is 0 Å². The van der Waals surface area contributed by atoms with Crippen molar-refractivity contribution in [2.24, 2.45) is 0 Å². The first-order valence-electron chi connectivity index (χ1n) is 7.05. The zero-order chi connectivity index (χ0) is 13.7. The third kappa shape index (κ3) is 1.55. The molecule has 0 spiro atoms. The Labute approximate surface area is 118 Å². The van der Waals surface area contributed by atoms with Gasteiger partial charge in [-0.05, 0) is 75.5 Å². The van der Waals surface area contributed by atoms with E-state index in [2.05, 4.69) is 74.5 Å². The first-order chi connectivity index (χ1) is 9.74. The predicted molar refractivity (Wildman–Crippen MR) is 88.4 cm³/mol. The summed E-state index contributed by atoms with van der Waals surface area (Å²) in [6.45, 7) is 4.41. The summed E-state index contributed by atoms with van der Waals surface area (Å²) >= 11 is 0. The molecule has 96 valence electrons. The van der Waals surface area contributed by atoms with Crippen molar-refractivity contribution in [2.75, 3.05) is 0 Å². The van der Waals surface area contributed by atoms with Crippen LogP contribution in [0.4, 0.5) is 0 Å². The van der Waals surface area contributed by atoms with Crippen LogP contribution in [-0.4, -0.2) is 0 Å². The van der Waals surface area contributed by atoms with Gasteiger partial charge in [0.1, 0.15) is 0 Å².